The fourth-order valence-corrected chi connectivity index (χ4v) is 4.10. The molecular formula is C15H17N3O2S. The van der Waals surface area contributed by atoms with E-state index < -0.39 is 0 Å². The molecule has 0 bridgehead atoms. The fourth-order valence-electron chi connectivity index (χ4n) is 2.77. The van der Waals surface area contributed by atoms with Crippen LogP contribution in [0.2, 0.25) is 0 Å². The molecule has 1 amide bonds. The van der Waals surface area contributed by atoms with Crippen LogP contribution in [0.1, 0.15) is 24.3 Å². The number of aromatic amines is 1. The molecule has 0 aliphatic carbocycles. The lowest BCUT2D eigenvalue weighted by molar-refractivity contribution is 0.0748. The van der Waals surface area contributed by atoms with Crippen molar-refractivity contribution in [3.05, 3.63) is 40.3 Å². The zero-order chi connectivity index (χ0) is 15.0. The van der Waals surface area contributed by atoms with Gasteiger partial charge in [-0.05, 0) is 6.07 Å². The summed E-state index contributed by atoms with van der Waals surface area (Å²) in [5.74, 6) is -0.110. The normalized spacial score (nSPS) is 22.5. The molecule has 2 heterocycles. The average molecular weight is 303 g/mol. The van der Waals surface area contributed by atoms with Gasteiger partial charge in [-0.2, -0.15) is 16.9 Å². The number of rotatable bonds is 1. The van der Waals surface area contributed by atoms with E-state index in [1.165, 1.54) is 0 Å². The van der Waals surface area contributed by atoms with E-state index >= 15 is 0 Å². The number of hydrogen-bond acceptors (Lipinski definition) is 4. The summed E-state index contributed by atoms with van der Waals surface area (Å²) in [4.78, 5) is 26.4. The summed E-state index contributed by atoms with van der Waals surface area (Å²) in [5, 5.41) is 8.36. The van der Waals surface area contributed by atoms with E-state index in [1.54, 1.807) is 18.2 Å². The van der Waals surface area contributed by atoms with Crippen LogP contribution in [0.3, 0.4) is 0 Å². The van der Waals surface area contributed by atoms with Gasteiger partial charge in [0, 0.05) is 29.0 Å². The van der Waals surface area contributed by atoms with Crippen molar-refractivity contribution in [1.82, 2.24) is 15.1 Å². The van der Waals surface area contributed by atoms with Gasteiger partial charge < -0.3 is 4.90 Å². The van der Waals surface area contributed by atoms with Crippen molar-refractivity contribution in [3.63, 3.8) is 0 Å². The van der Waals surface area contributed by atoms with Crippen LogP contribution in [0, 0.1) is 0 Å². The van der Waals surface area contributed by atoms with Crippen LogP contribution in [-0.4, -0.2) is 44.6 Å². The zero-order valence-corrected chi connectivity index (χ0v) is 12.8. The Morgan fingerprint density at radius 3 is 2.52 bits per heavy atom. The number of thioether (sulfide) groups is 1. The Labute approximate surface area is 126 Å². The van der Waals surface area contributed by atoms with E-state index in [1.807, 2.05) is 22.7 Å². The second-order valence-electron chi connectivity index (χ2n) is 5.41. The molecule has 0 radical (unpaired) electrons. The topological polar surface area (TPSA) is 66.1 Å². The van der Waals surface area contributed by atoms with Gasteiger partial charge in [-0.25, -0.2) is 5.10 Å². The lowest BCUT2D eigenvalue weighted by Crippen LogP contribution is -2.44. The lowest BCUT2D eigenvalue weighted by Gasteiger charge is -2.34. The summed E-state index contributed by atoms with van der Waals surface area (Å²) in [6, 6.07) is 7.09. The summed E-state index contributed by atoms with van der Waals surface area (Å²) in [6.07, 6.45) is 0. The van der Waals surface area contributed by atoms with Crippen molar-refractivity contribution >= 4 is 28.4 Å². The Morgan fingerprint density at radius 2 is 1.86 bits per heavy atom. The van der Waals surface area contributed by atoms with E-state index in [0.717, 1.165) is 0 Å². The largest absolute Gasteiger partial charge is 0.335 e. The Bertz CT molecular complexity index is 733. The molecule has 3 rings (SSSR count). The minimum atomic E-state index is -0.266. The minimum absolute atomic E-state index is 0.110. The highest BCUT2D eigenvalue weighted by atomic mass is 32.2. The number of carbonyl (C=O) groups is 1. The smallest absolute Gasteiger partial charge is 0.275 e. The zero-order valence-electron chi connectivity index (χ0n) is 12.0. The molecule has 5 nitrogen and oxygen atoms in total. The van der Waals surface area contributed by atoms with Gasteiger partial charge in [-0.1, -0.05) is 32.0 Å². The Balaban J connectivity index is 2.02. The van der Waals surface area contributed by atoms with Gasteiger partial charge in [0.2, 0.25) is 0 Å². The van der Waals surface area contributed by atoms with Crippen LogP contribution in [0.5, 0.6) is 0 Å². The second-order valence-corrected chi connectivity index (χ2v) is 7.30. The molecule has 2 atom stereocenters. The Kier molecular flexibility index (Phi) is 3.71. The maximum absolute atomic E-state index is 12.7. The molecule has 1 aromatic heterocycles. The summed E-state index contributed by atoms with van der Waals surface area (Å²) in [5.41, 5.74) is 0.0644. The SMILES string of the molecule is CC1CN(C(=O)c2n[nH]c(=O)c3ccccc23)CC(C)S1. The van der Waals surface area contributed by atoms with Crippen LogP contribution < -0.4 is 5.56 Å². The van der Waals surface area contributed by atoms with Gasteiger partial charge in [0.1, 0.15) is 0 Å². The highest BCUT2D eigenvalue weighted by Crippen LogP contribution is 2.26. The third-order valence-corrected chi connectivity index (χ3v) is 4.83. The first-order valence-corrected chi connectivity index (χ1v) is 7.92. The van der Waals surface area contributed by atoms with E-state index in [9.17, 15) is 9.59 Å². The molecule has 21 heavy (non-hydrogen) atoms. The first-order chi connectivity index (χ1) is 10.1. The number of H-pyrrole nitrogens is 1. The third-order valence-electron chi connectivity index (χ3n) is 3.61. The molecule has 0 spiro atoms. The maximum atomic E-state index is 12.7. The molecular weight excluding hydrogens is 286 g/mol. The summed E-state index contributed by atoms with van der Waals surface area (Å²) in [7, 11) is 0. The van der Waals surface area contributed by atoms with Gasteiger partial charge in [-0.15, -0.1) is 0 Å². The predicted octanol–water partition coefficient (Wildman–Crippen LogP) is 1.89. The second kappa shape index (κ2) is 5.52. The number of benzene rings is 1. The third kappa shape index (κ3) is 2.68. The van der Waals surface area contributed by atoms with E-state index in [0.29, 0.717) is 40.1 Å². The van der Waals surface area contributed by atoms with Crippen LogP contribution in [-0.2, 0) is 0 Å². The van der Waals surface area contributed by atoms with Crippen LogP contribution >= 0.6 is 11.8 Å². The number of fused-ring (bicyclic) bond motifs is 1. The molecule has 2 aromatic rings. The minimum Gasteiger partial charge on any atom is -0.335 e. The number of aromatic nitrogens is 2. The first-order valence-electron chi connectivity index (χ1n) is 6.98. The van der Waals surface area contributed by atoms with Crippen molar-refractivity contribution < 1.29 is 4.79 Å². The highest BCUT2D eigenvalue weighted by Gasteiger charge is 2.28. The van der Waals surface area contributed by atoms with Gasteiger partial charge in [0.15, 0.2) is 5.69 Å². The highest BCUT2D eigenvalue weighted by molar-refractivity contribution is 8.00. The molecule has 1 aliphatic heterocycles. The average Bonchev–Trinajstić information content (AvgIpc) is 2.46. The molecule has 1 fully saturated rings. The van der Waals surface area contributed by atoms with Crippen molar-refractivity contribution in [3.8, 4) is 0 Å². The standard InChI is InChI=1S/C15H17N3O2S/c1-9-7-18(8-10(2)21-9)15(20)13-11-5-3-4-6-12(11)14(19)17-16-13/h3-6,9-10H,7-8H2,1-2H3,(H,17,19). The van der Waals surface area contributed by atoms with E-state index in [2.05, 4.69) is 24.0 Å². The van der Waals surface area contributed by atoms with E-state index in [4.69, 9.17) is 0 Å². The monoisotopic (exact) mass is 303 g/mol. The number of nitrogens with zero attached hydrogens (tertiary/aromatic N) is 2. The molecule has 0 saturated carbocycles. The number of amides is 1. The maximum Gasteiger partial charge on any atom is 0.275 e. The van der Waals surface area contributed by atoms with Gasteiger partial charge in [0.05, 0.1) is 5.39 Å². The quantitative estimate of drug-likeness (QED) is 0.873. The van der Waals surface area contributed by atoms with Crippen LogP contribution in [0.15, 0.2) is 29.1 Å². The molecule has 6 heteroatoms. The molecule has 1 aromatic carbocycles. The van der Waals surface area contributed by atoms with E-state index in [-0.39, 0.29) is 11.5 Å². The molecule has 1 aliphatic rings. The van der Waals surface area contributed by atoms with Crippen molar-refractivity contribution in [2.45, 2.75) is 24.3 Å². The summed E-state index contributed by atoms with van der Waals surface area (Å²) < 4.78 is 0. The number of carbonyl (C=O) groups excluding carboxylic acids is 1. The van der Waals surface area contributed by atoms with Crippen molar-refractivity contribution in [2.24, 2.45) is 0 Å². The lowest BCUT2D eigenvalue weighted by atomic mass is 10.1. The van der Waals surface area contributed by atoms with Crippen LogP contribution in [0.4, 0.5) is 0 Å². The Morgan fingerprint density at radius 1 is 1.24 bits per heavy atom. The van der Waals surface area contributed by atoms with Gasteiger partial charge in [-0.3, -0.25) is 9.59 Å². The molecule has 1 saturated heterocycles. The van der Waals surface area contributed by atoms with Crippen molar-refractivity contribution in [2.75, 3.05) is 13.1 Å². The van der Waals surface area contributed by atoms with Crippen molar-refractivity contribution in [1.29, 1.82) is 0 Å². The number of nitrogens with one attached hydrogen (secondary N) is 1. The van der Waals surface area contributed by atoms with Gasteiger partial charge >= 0.3 is 0 Å². The van der Waals surface area contributed by atoms with Gasteiger partial charge in [0.25, 0.3) is 11.5 Å². The molecule has 2 unspecified atom stereocenters. The molecule has 1 N–H and O–H groups in total. The number of hydrogen-bond donors (Lipinski definition) is 1. The first kappa shape index (κ1) is 14.1. The predicted molar refractivity (Wildman–Crippen MR) is 84.8 cm³/mol. The summed E-state index contributed by atoms with van der Waals surface area (Å²) >= 11 is 1.89. The summed E-state index contributed by atoms with van der Waals surface area (Å²) in [6.45, 7) is 5.67. The van der Waals surface area contributed by atoms with Crippen LogP contribution in [0.25, 0.3) is 10.8 Å². The fraction of sp³-hybridized carbons (Fsp3) is 0.400. The molecule has 110 valence electrons. The Hall–Kier alpha value is -1.82.